The average molecular weight is 447 g/mol. The Hall–Kier alpha value is -1.44. The van der Waals surface area contributed by atoms with Gasteiger partial charge in [0, 0.05) is 25.3 Å². The monoisotopic (exact) mass is 446 g/mol. The van der Waals surface area contributed by atoms with Crippen molar-refractivity contribution in [1.29, 1.82) is 0 Å². The second kappa shape index (κ2) is 6.57. The molecule has 1 saturated heterocycles. The zero-order chi connectivity index (χ0) is 22.5. The van der Waals surface area contributed by atoms with Crippen molar-refractivity contribution >= 4 is 11.9 Å². The second-order valence-electron chi connectivity index (χ2n) is 11.6. The highest BCUT2D eigenvalue weighted by atomic mass is 16.6. The van der Waals surface area contributed by atoms with Crippen LogP contribution in [-0.2, 0) is 23.8 Å². The predicted octanol–water partition coefficient (Wildman–Crippen LogP) is 2.63. The third-order valence-corrected chi connectivity index (χ3v) is 10.6. The van der Waals surface area contributed by atoms with Crippen molar-refractivity contribution < 1.29 is 34.0 Å². The molecule has 8 unspecified atom stereocenters. The van der Waals surface area contributed by atoms with E-state index in [0.717, 1.165) is 31.3 Å². The topological polar surface area (TPSA) is 102 Å². The highest BCUT2D eigenvalue weighted by molar-refractivity contribution is 5.85. The summed E-state index contributed by atoms with van der Waals surface area (Å²) in [5.74, 6) is 0.108. The van der Waals surface area contributed by atoms with Crippen LogP contribution in [0.2, 0.25) is 0 Å². The summed E-state index contributed by atoms with van der Waals surface area (Å²) in [6, 6.07) is 0. The number of ether oxygens (including phenoxy) is 3. The molecule has 0 aromatic rings. The Morgan fingerprint density at radius 2 is 1.94 bits per heavy atom. The lowest BCUT2D eigenvalue weighted by atomic mass is 9.42. The summed E-state index contributed by atoms with van der Waals surface area (Å²) in [7, 11) is 0. The summed E-state index contributed by atoms with van der Waals surface area (Å²) in [6.45, 7) is 4.14. The second-order valence-corrected chi connectivity index (χ2v) is 11.6. The van der Waals surface area contributed by atoms with Crippen LogP contribution in [0.4, 0.5) is 0 Å². The first-order chi connectivity index (χ1) is 15.1. The molecule has 0 amide bonds. The van der Waals surface area contributed by atoms with E-state index in [-0.39, 0.29) is 35.3 Å². The van der Waals surface area contributed by atoms with Gasteiger partial charge in [-0.25, -0.2) is 4.79 Å². The maximum Gasteiger partial charge on any atom is 0.331 e. The van der Waals surface area contributed by atoms with E-state index in [1.165, 1.54) is 6.92 Å². The molecule has 32 heavy (non-hydrogen) atoms. The molecule has 1 spiro atoms. The van der Waals surface area contributed by atoms with Crippen LogP contribution in [0.15, 0.2) is 11.6 Å². The van der Waals surface area contributed by atoms with E-state index >= 15 is 0 Å². The SMILES string of the molecule is CC(=O)OC1CCC23C(O)OC4(CCC2(O)C1)C1CC[C@@H](C2=CC(=O)OC2)C1(C)CCC43. The number of rotatable bonds is 2. The molecule has 2 aliphatic heterocycles. The van der Waals surface area contributed by atoms with E-state index in [2.05, 4.69) is 6.92 Å². The number of carbonyl (C=O) groups is 2. The first kappa shape index (κ1) is 21.1. The fourth-order valence-electron chi connectivity index (χ4n) is 9.50. The molecule has 7 nitrogen and oxygen atoms in total. The summed E-state index contributed by atoms with van der Waals surface area (Å²) in [5.41, 5.74) is -1.13. The van der Waals surface area contributed by atoms with Gasteiger partial charge >= 0.3 is 11.9 Å². The summed E-state index contributed by atoms with van der Waals surface area (Å²) < 4.78 is 17.3. The van der Waals surface area contributed by atoms with Crippen molar-refractivity contribution in [2.24, 2.45) is 28.6 Å². The van der Waals surface area contributed by atoms with Crippen molar-refractivity contribution in [1.82, 2.24) is 0 Å². The molecule has 0 aromatic heterocycles. The van der Waals surface area contributed by atoms with Crippen LogP contribution in [0.5, 0.6) is 0 Å². The zero-order valence-electron chi connectivity index (χ0n) is 19.0. The number of aliphatic hydroxyl groups is 2. The van der Waals surface area contributed by atoms with Crippen LogP contribution in [-0.4, -0.2) is 52.4 Å². The van der Waals surface area contributed by atoms with E-state index in [0.29, 0.717) is 44.6 Å². The quantitative estimate of drug-likeness (QED) is 0.629. The lowest BCUT2D eigenvalue weighted by Gasteiger charge is -2.63. The van der Waals surface area contributed by atoms with Gasteiger partial charge in [0.05, 0.1) is 16.6 Å². The summed E-state index contributed by atoms with van der Waals surface area (Å²) >= 11 is 0. The van der Waals surface area contributed by atoms with Gasteiger partial charge in [0.2, 0.25) is 0 Å². The fraction of sp³-hybridized carbons (Fsp3) is 0.840. The van der Waals surface area contributed by atoms with E-state index in [9.17, 15) is 19.8 Å². The minimum atomic E-state index is -1.09. The van der Waals surface area contributed by atoms with Gasteiger partial charge in [0.1, 0.15) is 12.7 Å². The van der Waals surface area contributed by atoms with Crippen molar-refractivity contribution in [2.45, 2.75) is 95.2 Å². The Bertz CT molecular complexity index is 899. The minimum Gasteiger partial charge on any atom is -0.462 e. The molecule has 6 aliphatic rings. The van der Waals surface area contributed by atoms with Crippen molar-refractivity contribution in [3.63, 3.8) is 0 Å². The van der Waals surface area contributed by atoms with Crippen LogP contribution < -0.4 is 0 Å². The smallest absolute Gasteiger partial charge is 0.331 e. The molecular weight excluding hydrogens is 412 g/mol. The Labute approximate surface area is 188 Å². The largest absolute Gasteiger partial charge is 0.462 e. The minimum absolute atomic E-state index is 0.00797. The van der Waals surface area contributed by atoms with Crippen LogP contribution >= 0.6 is 0 Å². The van der Waals surface area contributed by atoms with Crippen LogP contribution in [0.3, 0.4) is 0 Å². The van der Waals surface area contributed by atoms with Crippen LogP contribution in [0, 0.1) is 28.6 Å². The molecule has 0 aromatic carbocycles. The van der Waals surface area contributed by atoms with Gasteiger partial charge in [-0.2, -0.15) is 0 Å². The Morgan fingerprint density at radius 3 is 2.66 bits per heavy atom. The van der Waals surface area contributed by atoms with E-state index in [1.54, 1.807) is 6.08 Å². The van der Waals surface area contributed by atoms with Crippen LogP contribution in [0.1, 0.15) is 71.6 Å². The van der Waals surface area contributed by atoms with Crippen molar-refractivity contribution in [3.8, 4) is 0 Å². The molecule has 0 radical (unpaired) electrons. The molecule has 6 rings (SSSR count). The third-order valence-electron chi connectivity index (χ3n) is 10.6. The van der Waals surface area contributed by atoms with Gasteiger partial charge in [-0.1, -0.05) is 6.92 Å². The van der Waals surface area contributed by atoms with Gasteiger partial charge in [-0.15, -0.1) is 0 Å². The summed E-state index contributed by atoms with van der Waals surface area (Å²) in [6.07, 6.45) is 7.15. The predicted molar refractivity (Wildman–Crippen MR) is 112 cm³/mol. The lowest BCUT2D eigenvalue weighted by molar-refractivity contribution is -0.234. The molecule has 7 heteroatoms. The molecule has 9 atom stereocenters. The number of hydrogen-bond donors (Lipinski definition) is 2. The van der Waals surface area contributed by atoms with E-state index in [1.807, 2.05) is 0 Å². The van der Waals surface area contributed by atoms with Gasteiger partial charge in [0.15, 0.2) is 6.29 Å². The third kappa shape index (κ3) is 2.43. The molecule has 4 saturated carbocycles. The Morgan fingerprint density at radius 1 is 1.12 bits per heavy atom. The fourth-order valence-corrected chi connectivity index (χ4v) is 9.50. The highest BCUT2D eigenvalue weighted by Crippen LogP contribution is 2.76. The number of aliphatic hydroxyl groups excluding tert-OH is 1. The van der Waals surface area contributed by atoms with Crippen LogP contribution in [0.25, 0.3) is 0 Å². The standard InChI is InChI=1S/C25H34O7/c1-14(26)31-16-5-8-24-19-6-7-22(2)17(15-11-20(27)30-13-15)3-4-18(22)25(19,32-21(24)28)10-9-23(24,29)12-16/h11,16-19,21,28-29H,3-10,12-13H2,1-2H3/t16?,17-,18?,19?,21?,22?,23?,24?,25?/m0/s1. The van der Waals surface area contributed by atoms with Crippen molar-refractivity contribution in [3.05, 3.63) is 11.6 Å². The van der Waals surface area contributed by atoms with Gasteiger partial charge in [-0.05, 0) is 74.2 Å². The molecule has 2 heterocycles. The van der Waals surface area contributed by atoms with Gasteiger partial charge < -0.3 is 24.4 Å². The number of esters is 2. The highest BCUT2D eigenvalue weighted by Gasteiger charge is 2.79. The first-order valence-electron chi connectivity index (χ1n) is 12.3. The number of hydrogen-bond acceptors (Lipinski definition) is 7. The summed E-state index contributed by atoms with van der Waals surface area (Å²) in [4.78, 5) is 23.3. The number of cyclic esters (lactones) is 1. The van der Waals surface area contributed by atoms with Gasteiger partial charge in [0.25, 0.3) is 0 Å². The van der Waals surface area contributed by atoms with E-state index < -0.39 is 22.9 Å². The molecule has 5 fully saturated rings. The Balaban J connectivity index is 1.35. The maximum absolute atomic E-state index is 11.9. The lowest BCUT2D eigenvalue weighted by Crippen LogP contribution is -2.67. The normalized spacial score (nSPS) is 53.7. The molecule has 2 N–H and O–H groups in total. The van der Waals surface area contributed by atoms with Gasteiger partial charge in [-0.3, -0.25) is 4.79 Å². The zero-order valence-corrected chi connectivity index (χ0v) is 19.0. The number of carbonyl (C=O) groups excluding carboxylic acids is 2. The first-order valence-corrected chi connectivity index (χ1v) is 12.3. The maximum atomic E-state index is 11.9. The Kier molecular flexibility index (Phi) is 4.34. The van der Waals surface area contributed by atoms with E-state index in [4.69, 9.17) is 14.2 Å². The molecule has 4 aliphatic carbocycles. The van der Waals surface area contributed by atoms with Crippen molar-refractivity contribution in [2.75, 3.05) is 6.61 Å². The number of fused-ring (bicyclic) bond motifs is 1. The average Bonchev–Trinajstić information content (AvgIpc) is 3.34. The molecular formula is C25H34O7. The molecule has 2 bridgehead atoms. The summed E-state index contributed by atoms with van der Waals surface area (Å²) in [5, 5.41) is 23.3. The molecule has 176 valence electrons.